The van der Waals surface area contributed by atoms with Crippen LogP contribution in [0.4, 0.5) is 0 Å². The lowest BCUT2D eigenvalue weighted by Crippen LogP contribution is -2.08. The van der Waals surface area contributed by atoms with E-state index in [0.717, 1.165) is 36.3 Å². The Hall–Kier alpha value is -3.07. The van der Waals surface area contributed by atoms with Crippen LogP contribution in [0.3, 0.4) is 0 Å². The molecule has 3 heteroatoms. The number of esters is 1. The van der Waals surface area contributed by atoms with Gasteiger partial charge in [0.15, 0.2) is 0 Å². The molecule has 35 heavy (non-hydrogen) atoms. The second kappa shape index (κ2) is 15.0. The lowest BCUT2D eigenvalue weighted by Gasteiger charge is -2.09. The van der Waals surface area contributed by atoms with Crippen molar-refractivity contribution in [2.24, 2.45) is 0 Å². The first kappa shape index (κ1) is 26.5. The summed E-state index contributed by atoms with van der Waals surface area (Å²) in [5, 5.41) is 0. The number of aryl methyl sites for hydroxylation is 1. The normalized spacial score (nSPS) is 10.8. The highest BCUT2D eigenvalue weighted by molar-refractivity contribution is 5.91. The maximum atomic E-state index is 12.6. The van der Waals surface area contributed by atoms with Crippen LogP contribution in [0, 0.1) is 0 Å². The van der Waals surface area contributed by atoms with Crippen molar-refractivity contribution in [2.75, 3.05) is 6.61 Å². The van der Waals surface area contributed by atoms with Gasteiger partial charge in [-0.05, 0) is 72.4 Å². The molecule has 0 N–H and O–H groups in total. The van der Waals surface area contributed by atoms with Crippen LogP contribution in [-0.2, 0) is 6.42 Å². The Morgan fingerprint density at radius 2 is 1.14 bits per heavy atom. The SMILES string of the molecule is CCCCCCCOc1ccc(-c2ccc(C(=O)Oc3ccc(CCCCCC)cc3)cc2)cc1. The number of hydrogen-bond donors (Lipinski definition) is 0. The molecule has 0 atom stereocenters. The fourth-order valence-electron chi connectivity index (χ4n) is 4.08. The zero-order valence-corrected chi connectivity index (χ0v) is 21.4. The van der Waals surface area contributed by atoms with Gasteiger partial charge in [-0.2, -0.15) is 0 Å². The van der Waals surface area contributed by atoms with Gasteiger partial charge < -0.3 is 9.47 Å². The minimum atomic E-state index is -0.338. The van der Waals surface area contributed by atoms with Crippen LogP contribution in [0.15, 0.2) is 72.8 Å². The fourth-order valence-corrected chi connectivity index (χ4v) is 4.08. The van der Waals surface area contributed by atoms with E-state index in [9.17, 15) is 4.79 Å². The summed E-state index contributed by atoms with van der Waals surface area (Å²) in [4.78, 5) is 12.6. The molecular formula is C32H40O3. The average Bonchev–Trinajstić information content (AvgIpc) is 2.90. The van der Waals surface area contributed by atoms with Crippen LogP contribution in [0.5, 0.6) is 11.5 Å². The largest absolute Gasteiger partial charge is 0.494 e. The first-order chi connectivity index (χ1) is 17.2. The quantitative estimate of drug-likeness (QED) is 0.126. The monoisotopic (exact) mass is 472 g/mol. The summed E-state index contributed by atoms with van der Waals surface area (Å²) in [5.41, 5.74) is 3.98. The van der Waals surface area contributed by atoms with Crippen molar-refractivity contribution in [3.63, 3.8) is 0 Å². The van der Waals surface area contributed by atoms with Crippen molar-refractivity contribution in [2.45, 2.75) is 78.1 Å². The smallest absolute Gasteiger partial charge is 0.343 e. The second-order valence-electron chi connectivity index (χ2n) is 9.21. The van der Waals surface area contributed by atoms with Gasteiger partial charge in [0.2, 0.25) is 0 Å². The van der Waals surface area contributed by atoms with E-state index in [-0.39, 0.29) is 5.97 Å². The molecule has 0 aliphatic carbocycles. The molecule has 186 valence electrons. The minimum Gasteiger partial charge on any atom is -0.494 e. The Labute approximate surface area is 211 Å². The van der Waals surface area contributed by atoms with E-state index in [4.69, 9.17) is 9.47 Å². The van der Waals surface area contributed by atoms with E-state index in [1.54, 1.807) is 0 Å². The zero-order valence-electron chi connectivity index (χ0n) is 21.4. The standard InChI is InChI=1S/C32H40O3/c1-3-5-7-9-11-25-34-30-23-19-28(20-24-30)27-15-17-29(18-16-27)32(33)35-31-21-13-26(14-22-31)12-10-8-6-4-2/h13-24H,3-12,25H2,1-2H3. The molecule has 0 amide bonds. The molecule has 0 saturated carbocycles. The van der Waals surface area contributed by atoms with Gasteiger partial charge in [0.1, 0.15) is 11.5 Å². The Bertz CT molecular complexity index is 988. The summed E-state index contributed by atoms with van der Waals surface area (Å²) < 4.78 is 11.4. The number of ether oxygens (including phenoxy) is 2. The summed E-state index contributed by atoms with van der Waals surface area (Å²) in [5.74, 6) is 1.14. The topological polar surface area (TPSA) is 35.5 Å². The Balaban J connectivity index is 1.47. The van der Waals surface area contributed by atoms with Gasteiger partial charge in [0.25, 0.3) is 0 Å². The second-order valence-corrected chi connectivity index (χ2v) is 9.21. The number of unbranched alkanes of at least 4 members (excludes halogenated alkanes) is 7. The molecule has 0 aromatic heterocycles. The molecule has 0 heterocycles. The first-order valence-corrected chi connectivity index (χ1v) is 13.3. The van der Waals surface area contributed by atoms with E-state index in [1.165, 1.54) is 56.9 Å². The molecule has 0 spiro atoms. The Morgan fingerprint density at radius 1 is 0.600 bits per heavy atom. The lowest BCUT2D eigenvalue weighted by atomic mass is 10.0. The number of rotatable bonds is 15. The molecule has 0 radical (unpaired) electrons. The molecular weight excluding hydrogens is 432 g/mol. The van der Waals surface area contributed by atoms with Crippen LogP contribution in [0.1, 0.15) is 87.6 Å². The van der Waals surface area contributed by atoms with E-state index in [0.29, 0.717) is 11.3 Å². The molecule has 0 unspecified atom stereocenters. The number of benzene rings is 3. The Kier molecular flexibility index (Phi) is 11.4. The fraction of sp³-hybridized carbons (Fsp3) is 0.406. The molecule has 0 saturated heterocycles. The molecule has 3 nitrogen and oxygen atoms in total. The molecule has 3 rings (SSSR count). The van der Waals surface area contributed by atoms with Gasteiger partial charge in [0.05, 0.1) is 12.2 Å². The summed E-state index contributed by atoms with van der Waals surface area (Å²) in [6.45, 7) is 5.22. The predicted octanol–water partition coefficient (Wildman–Crippen LogP) is 9.04. The maximum absolute atomic E-state index is 12.6. The van der Waals surface area contributed by atoms with Crippen molar-refractivity contribution in [1.29, 1.82) is 0 Å². The van der Waals surface area contributed by atoms with Crippen molar-refractivity contribution in [3.8, 4) is 22.6 Å². The van der Waals surface area contributed by atoms with Crippen LogP contribution in [-0.4, -0.2) is 12.6 Å². The highest BCUT2D eigenvalue weighted by atomic mass is 16.5. The number of carbonyl (C=O) groups is 1. The van der Waals surface area contributed by atoms with Gasteiger partial charge in [-0.15, -0.1) is 0 Å². The minimum absolute atomic E-state index is 0.338. The average molecular weight is 473 g/mol. The number of carbonyl (C=O) groups excluding carboxylic acids is 1. The molecule has 3 aromatic carbocycles. The van der Waals surface area contributed by atoms with Crippen molar-refractivity contribution in [1.82, 2.24) is 0 Å². The van der Waals surface area contributed by atoms with Crippen LogP contribution in [0.25, 0.3) is 11.1 Å². The highest BCUT2D eigenvalue weighted by Crippen LogP contribution is 2.24. The summed E-state index contributed by atoms with van der Waals surface area (Å²) in [6, 6.07) is 23.6. The third-order valence-corrected chi connectivity index (χ3v) is 6.28. The van der Waals surface area contributed by atoms with Gasteiger partial charge in [0, 0.05) is 0 Å². The summed E-state index contributed by atoms with van der Waals surface area (Å²) in [6.07, 6.45) is 12.2. The predicted molar refractivity (Wildman–Crippen MR) is 145 cm³/mol. The lowest BCUT2D eigenvalue weighted by molar-refractivity contribution is 0.0734. The maximum Gasteiger partial charge on any atom is 0.343 e. The molecule has 3 aromatic rings. The van der Waals surface area contributed by atoms with Crippen molar-refractivity contribution >= 4 is 5.97 Å². The zero-order chi connectivity index (χ0) is 24.7. The molecule has 0 fully saturated rings. The van der Waals surface area contributed by atoms with Gasteiger partial charge in [-0.1, -0.05) is 95.2 Å². The van der Waals surface area contributed by atoms with Gasteiger partial charge in [-0.3, -0.25) is 0 Å². The van der Waals surface area contributed by atoms with Crippen molar-refractivity contribution in [3.05, 3.63) is 83.9 Å². The summed E-state index contributed by atoms with van der Waals surface area (Å²) in [7, 11) is 0. The third-order valence-electron chi connectivity index (χ3n) is 6.28. The van der Waals surface area contributed by atoms with Crippen LogP contribution >= 0.6 is 0 Å². The van der Waals surface area contributed by atoms with Crippen LogP contribution < -0.4 is 9.47 Å². The third kappa shape index (κ3) is 9.24. The van der Waals surface area contributed by atoms with Crippen molar-refractivity contribution < 1.29 is 14.3 Å². The van der Waals surface area contributed by atoms with E-state index >= 15 is 0 Å². The molecule has 0 bridgehead atoms. The molecule has 0 aliphatic heterocycles. The van der Waals surface area contributed by atoms with Gasteiger partial charge in [-0.25, -0.2) is 4.79 Å². The first-order valence-electron chi connectivity index (χ1n) is 13.3. The van der Waals surface area contributed by atoms with Gasteiger partial charge >= 0.3 is 5.97 Å². The van der Waals surface area contributed by atoms with E-state index in [1.807, 2.05) is 48.5 Å². The highest BCUT2D eigenvalue weighted by Gasteiger charge is 2.09. The van der Waals surface area contributed by atoms with Crippen LogP contribution in [0.2, 0.25) is 0 Å². The molecule has 0 aliphatic rings. The number of hydrogen-bond acceptors (Lipinski definition) is 3. The summed E-state index contributed by atoms with van der Waals surface area (Å²) >= 11 is 0. The van der Waals surface area contributed by atoms with E-state index < -0.39 is 0 Å². The Morgan fingerprint density at radius 3 is 1.77 bits per heavy atom. The van der Waals surface area contributed by atoms with E-state index in [2.05, 4.69) is 38.1 Å².